The Morgan fingerprint density at radius 2 is 1.91 bits per heavy atom. The Kier molecular flexibility index (Phi) is 5.18. The van der Waals surface area contributed by atoms with Crippen molar-refractivity contribution in [3.8, 4) is 0 Å². The van der Waals surface area contributed by atoms with Crippen molar-refractivity contribution in [1.29, 1.82) is 0 Å². The minimum atomic E-state index is 0.178. The van der Waals surface area contributed by atoms with Crippen LogP contribution in [0.5, 0.6) is 0 Å². The van der Waals surface area contributed by atoms with Gasteiger partial charge in [-0.3, -0.25) is 4.79 Å². The molecule has 0 unspecified atom stereocenters. The molecular formula is C10H19O. The average Bonchev–Trinajstić information content (AvgIpc) is 1.87. The van der Waals surface area contributed by atoms with E-state index < -0.39 is 0 Å². The summed E-state index contributed by atoms with van der Waals surface area (Å²) in [7, 11) is 0. The van der Waals surface area contributed by atoms with E-state index in [1.165, 1.54) is 19.3 Å². The third-order valence-electron chi connectivity index (χ3n) is 2.01. The van der Waals surface area contributed by atoms with E-state index in [4.69, 9.17) is 0 Å². The summed E-state index contributed by atoms with van der Waals surface area (Å²) in [5, 5.41) is 0. The van der Waals surface area contributed by atoms with Crippen LogP contribution in [0.15, 0.2) is 0 Å². The molecule has 0 bridgehead atoms. The molecule has 0 heterocycles. The van der Waals surface area contributed by atoms with Crippen LogP contribution in [0.2, 0.25) is 0 Å². The molecule has 0 aromatic rings. The van der Waals surface area contributed by atoms with Gasteiger partial charge < -0.3 is 0 Å². The molecule has 0 fully saturated rings. The maximum atomic E-state index is 10.1. The van der Waals surface area contributed by atoms with Crippen LogP contribution in [0.3, 0.4) is 0 Å². The number of rotatable bonds is 6. The van der Waals surface area contributed by atoms with E-state index in [0.717, 1.165) is 6.42 Å². The van der Waals surface area contributed by atoms with E-state index >= 15 is 0 Å². The molecule has 1 radical (unpaired) electrons. The lowest BCUT2D eigenvalue weighted by Crippen LogP contribution is -2.11. The summed E-state index contributed by atoms with van der Waals surface area (Å²) in [6, 6.07) is 0. The third kappa shape index (κ3) is 6.08. The first-order chi connectivity index (χ1) is 5.12. The van der Waals surface area contributed by atoms with Crippen molar-refractivity contribution in [1.82, 2.24) is 0 Å². The Balaban J connectivity index is 3.45. The fourth-order valence-corrected chi connectivity index (χ4v) is 1.14. The van der Waals surface area contributed by atoms with E-state index in [-0.39, 0.29) is 5.41 Å². The lowest BCUT2D eigenvalue weighted by Gasteiger charge is -2.20. The van der Waals surface area contributed by atoms with Gasteiger partial charge in [0.1, 0.15) is 0 Å². The number of hydrogen-bond donors (Lipinski definition) is 0. The van der Waals surface area contributed by atoms with Crippen molar-refractivity contribution >= 4 is 6.29 Å². The van der Waals surface area contributed by atoms with Gasteiger partial charge in [0.2, 0.25) is 0 Å². The van der Waals surface area contributed by atoms with Gasteiger partial charge in [-0.1, -0.05) is 40.0 Å². The summed E-state index contributed by atoms with van der Waals surface area (Å²) in [6.45, 7) is 6.46. The molecule has 0 spiro atoms. The molecule has 0 saturated carbocycles. The van der Waals surface area contributed by atoms with E-state index in [1.807, 2.05) is 6.29 Å². The van der Waals surface area contributed by atoms with Crippen LogP contribution in [0.1, 0.15) is 52.9 Å². The standard InChI is InChI=1S/C10H19O/c1-4-5-6-7-10(2,3)8-9-11/h4-8H2,1-3H3. The second-order valence-electron chi connectivity index (χ2n) is 3.94. The topological polar surface area (TPSA) is 17.1 Å². The molecule has 65 valence electrons. The van der Waals surface area contributed by atoms with Crippen molar-refractivity contribution in [2.75, 3.05) is 0 Å². The van der Waals surface area contributed by atoms with Gasteiger partial charge in [-0.25, -0.2) is 0 Å². The molecule has 1 nitrogen and oxygen atoms in total. The summed E-state index contributed by atoms with van der Waals surface area (Å²) in [4.78, 5) is 10.1. The summed E-state index contributed by atoms with van der Waals surface area (Å²) in [6.07, 6.45) is 7.49. The number of carbonyl (C=O) groups excluding carboxylic acids is 1. The fraction of sp³-hybridized carbons (Fsp3) is 0.900. The zero-order valence-electron chi connectivity index (χ0n) is 7.94. The van der Waals surface area contributed by atoms with Crippen LogP contribution in [0, 0.1) is 5.41 Å². The Hall–Kier alpha value is -0.330. The van der Waals surface area contributed by atoms with Crippen molar-refractivity contribution in [2.24, 2.45) is 5.41 Å². The largest absolute Gasteiger partial charge is 0.291 e. The van der Waals surface area contributed by atoms with Gasteiger partial charge in [-0.05, 0) is 11.8 Å². The van der Waals surface area contributed by atoms with Crippen molar-refractivity contribution in [2.45, 2.75) is 52.9 Å². The average molecular weight is 155 g/mol. The van der Waals surface area contributed by atoms with Crippen molar-refractivity contribution in [3.63, 3.8) is 0 Å². The van der Waals surface area contributed by atoms with E-state index in [1.54, 1.807) is 0 Å². The van der Waals surface area contributed by atoms with Gasteiger partial charge in [-0.2, -0.15) is 0 Å². The summed E-state index contributed by atoms with van der Waals surface area (Å²) >= 11 is 0. The van der Waals surface area contributed by atoms with Crippen molar-refractivity contribution < 1.29 is 4.79 Å². The first kappa shape index (κ1) is 10.7. The second kappa shape index (κ2) is 5.34. The fourth-order valence-electron chi connectivity index (χ4n) is 1.14. The van der Waals surface area contributed by atoms with E-state index in [9.17, 15) is 4.79 Å². The first-order valence-corrected chi connectivity index (χ1v) is 4.47. The Morgan fingerprint density at radius 3 is 2.36 bits per heavy atom. The molecule has 0 N–H and O–H groups in total. The Bertz CT molecular complexity index is 105. The monoisotopic (exact) mass is 155 g/mol. The molecule has 1 heteroatoms. The molecule has 0 rings (SSSR count). The molecule has 0 aliphatic rings. The highest BCUT2D eigenvalue weighted by Gasteiger charge is 2.16. The smallest absolute Gasteiger partial charge is 0.198 e. The zero-order valence-corrected chi connectivity index (χ0v) is 7.94. The number of hydrogen-bond acceptors (Lipinski definition) is 1. The predicted octanol–water partition coefficient (Wildman–Crippen LogP) is 3.09. The minimum Gasteiger partial charge on any atom is -0.291 e. The minimum absolute atomic E-state index is 0.178. The zero-order chi connectivity index (χ0) is 8.74. The van der Waals surface area contributed by atoms with Crippen LogP contribution >= 0.6 is 0 Å². The van der Waals surface area contributed by atoms with Gasteiger partial charge >= 0.3 is 0 Å². The molecule has 0 aliphatic heterocycles. The second-order valence-corrected chi connectivity index (χ2v) is 3.94. The Morgan fingerprint density at radius 1 is 1.27 bits per heavy atom. The van der Waals surface area contributed by atoms with Crippen LogP contribution in [-0.2, 0) is 4.79 Å². The lowest BCUT2D eigenvalue weighted by atomic mass is 9.84. The molecule has 0 atom stereocenters. The normalized spacial score (nSPS) is 11.5. The molecule has 11 heavy (non-hydrogen) atoms. The van der Waals surface area contributed by atoms with E-state index in [2.05, 4.69) is 20.8 Å². The molecular weight excluding hydrogens is 136 g/mol. The number of unbranched alkanes of at least 4 members (excludes halogenated alkanes) is 2. The summed E-state index contributed by atoms with van der Waals surface area (Å²) in [5.74, 6) is 0. The summed E-state index contributed by atoms with van der Waals surface area (Å²) < 4.78 is 0. The van der Waals surface area contributed by atoms with Crippen LogP contribution in [0.4, 0.5) is 0 Å². The molecule has 0 aromatic carbocycles. The molecule has 0 amide bonds. The van der Waals surface area contributed by atoms with Gasteiger partial charge in [0.05, 0.1) is 0 Å². The highest BCUT2D eigenvalue weighted by molar-refractivity contribution is 5.51. The quantitative estimate of drug-likeness (QED) is 0.539. The van der Waals surface area contributed by atoms with E-state index in [0.29, 0.717) is 6.42 Å². The van der Waals surface area contributed by atoms with Crippen LogP contribution in [-0.4, -0.2) is 6.29 Å². The third-order valence-corrected chi connectivity index (χ3v) is 2.01. The maximum Gasteiger partial charge on any atom is 0.198 e. The van der Waals surface area contributed by atoms with Crippen LogP contribution < -0.4 is 0 Å². The van der Waals surface area contributed by atoms with Crippen LogP contribution in [0.25, 0.3) is 0 Å². The highest BCUT2D eigenvalue weighted by Crippen LogP contribution is 2.26. The van der Waals surface area contributed by atoms with Crippen molar-refractivity contribution in [3.05, 3.63) is 0 Å². The SMILES string of the molecule is CCCCCC(C)(C)C[C]=O. The van der Waals surface area contributed by atoms with Gasteiger partial charge in [0.25, 0.3) is 0 Å². The molecule has 0 aromatic heterocycles. The molecule has 0 aliphatic carbocycles. The highest BCUT2D eigenvalue weighted by atomic mass is 16.1. The first-order valence-electron chi connectivity index (χ1n) is 4.47. The lowest BCUT2D eigenvalue weighted by molar-refractivity contribution is 0.328. The van der Waals surface area contributed by atoms with Gasteiger partial charge in [0, 0.05) is 6.42 Å². The Labute approximate surface area is 70.2 Å². The predicted molar refractivity (Wildman–Crippen MR) is 48.2 cm³/mol. The van der Waals surface area contributed by atoms with Gasteiger partial charge in [0.15, 0.2) is 6.29 Å². The molecule has 0 saturated heterocycles. The maximum absolute atomic E-state index is 10.1. The van der Waals surface area contributed by atoms with Gasteiger partial charge in [-0.15, -0.1) is 0 Å². The summed E-state index contributed by atoms with van der Waals surface area (Å²) in [5.41, 5.74) is 0.178.